The van der Waals surface area contributed by atoms with E-state index in [9.17, 15) is 13.4 Å². The summed E-state index contributed by atoms with van der Waals surface area (Å²) in [6, 6.07) is 6.94. The Hall–Kier alpha value is -2.24. The summed E-state index contributed by atoms with van der Waals surface area (Å²) in [5.41, 5.74) is 3.45. The lowest BCUT2D eigenvalue weighted by atomic mass is 10.1. The Balaban J connectivity index is 1.60. The quantitative estimate of drug-likeness (QED) is 0.520. The van der Waals surface area contributed by atoms with E-state index in [0.29, 0.717) is 12.1 Å². The number of nitrogens with zero attached hydrogens (tertiary/aromatic N) is 3. The average molecular weight is 510 g/mol. The Bertz CT molecular complexity index is 1330. The number of carbonyl (C=O) groups excluding carboxylic acids is 1. The Morgan fingerprint density at radius 2 is 2.06 bits per heavy atom. The predicted molar refractivity (Wildman–Crippen MR) is 133 cm³/mol. The maximum absolute atomic E-state index is 13.5. The zero-order valence-corrected chi connectivity index (χ0v) is 21.1. The smallest absolute Gasteiger partial charge is 0.242 e. The largest absolute Gasteiger partial charge is 0.325 e. The second kappa shape index (κ2) is 8.84. The normalized spacial score (nSPS) is 23.6. The molecular formula is C22H25ClFN5O2S2. The van der Waals surface area contributed by atoms with Crippen molar-refractivity contribution < 1.29 is 13.4 Å². The number of likely N-dealkylation sites (N-methyl/N-ethyl adjacent to an activating group) is 1. The van der Waals surface area contributed by atoms with Gasteiger partial charge in [0, 0.05) is 40.8 Å². The van der Waals surface area contributed by atoms with E-state index in [1.54, 1.807) is 18.4 Å². The fourth-order valence-electron chi connectivity index (χ4n) is 3.98. The number of nitrogens with one attached hydrogen (secondary N) is 2. The van der Waals surface area contributed by atoms with Crippen LogP contribution in [0, 0.1) is 19.7 Å². The number of benzene rings is 1. The molecule has 3 heterocycles. The molecule has 2 aromatic heterocycles. The van der Waals surface area contributed by atoms with Crippen LogP contribution in [0.25, 0.3) is 10.4 Å². The van der Waals surface area contributed by atoms with Gasteiger partial charge in [0.15, 0.2) is 0 Å². The number of halogens is 2. The van der Waals surface area contributed by atoms with Crippen molar-refractivity contribution in [1.82, 2.24) is 18.8 Å². The van der Waals surface area contributed by atoms with Crippen molar-refractivity contribution in [3.63, 3.8) is 0 Å². The van der Waals surface area contributed by atoms with Crippen LogP contribution in [-0.2, 0) is 21.7 Å². The second-order valence-electron chi connectivity index (χ2n) is 8.10. The van der Waals surface area contributed by atoms with Crippen LogP contribution in [0.1, 0.15) is 28.7 Å². The first-order valence-corrected chi connectivity index (χ1v) is 13.1. The van der Waals surface area contributed by atoms with Gasteiger partial charge in [-0.25, -0.2) is 17.6 Å². The van der Waals surface area contributed by atoms with Crippen LogP contribution >= 0.6 is 22.9 Å². The van der Waals surface area contributed by atoms with Crippen molar-refractivity contribution in [2.75, 3.05) is 12.4 Å². The molecule has 1 aromatic carbocycles. The molecule has 1 saturated heterocycles. The maximum Gasteiger partial charge on any atom is 0.242 e. The molecule has 1 aliphatic heterocycles. The number of anilines is 1. The number of amides is 1. The Morgan fingerprint density at radius 3 is 2.70 bits per heavy atom. The molecule has 0 radical (unpaired) electrons. The van der Waals surface area contributed by atoms with Crippen LogP contribution in [-0.4, -0.2) is 43.2 Å². The lowest BCUT2D eigenvalue weighted by Gasteiger charge is -2.39. The van der Waals surface area contributed by atoms with Crippen molar-refractivity contribution in [1.29, 1.82) is 0 Å². The van der Waals surface area contributed by atoms with E-state index in [4.69, 9.17) is 11.6 Å². The van der Waals surface area contributed by atoms with Crippen LogP contribution < -0.4 is 10.0 Å². The van der Waals surface area contributed by atoms with Crippen LogP contribution in [0.15, 0.2) is 30.3 Å². The molecule has 33 heavy (non-hydrogen) atoms. The van der Waals surface area contributed by atoms with Gasteiger partial charge >= 0.3 is 0 Å². The topological polar surface area (TPSA) is 79.3 Å². The van der Waals surface area contributed by atoms with E-state index in [0.717, 1.165) is 26.7 Å². The molecule has 1 aliphatic rings. The highest BCUT2D eigenvalue weighted by molar-refractivity contribution is 7.96. The highest BCUT2D eigenvalue weighted by Crippen LogP contribution is 2.38. The van der Waals surface area contributed by atoms with Gasteiger partial charge in [-0.3, -0.25) is 9.48 Å². The van der Waals surface area contributed by atoms with Gasteiger partial charge in [-0.15, -0.1) is 11.3 Å². The first kappa shape index (κ1) is 23.9. The van der Waals surface area contributed by atoms with Crippen LogP contribution in [0.4, 0.5) is 10.1 Å². The van der Waals surface area contributed by atoms with Gasteiger partial charge in [-0.1, -0.05) is 11.6 Å². The van der Waals surface area contributed by atoms with Crippen LogP contribution in [0.2, 0.25) is 5.02 Å². The number of carbonyl (C=O) groups is 1. The number of hydrogen-bond acceptors (Lipinski definition) is 4. The molecule has 3 unspecified atom stereocenters. The van der Waals surface area contributed by atoms with Crippen molar-refractivity contribution in [2.24, 2.45) is 7.05 Å². The van der Waals surface area contributed by atoms with Gasteiger partial charge in [0.1, 0.15) is 11.9 Å². The van der Waals surface area contributed by atoms with E-state index >= 15 is 0 Å². The second-order valence-corrected chi connectivity index (χ2v) is 11.7. The van der Waals surface area contributed by atoms with Gasteiger partial charge in [0.25, 0.3) is 0 Å². The lowest BCUT2D eigenvalue weighted by molar-refractivity contribution is -0.120. The zero-order valence-electron chi connectivity index (χ0n) is 18.7. The minimum absolute atomic E-state index is 0.0857. The molecule has 3 aromatic rings. The summed E-state index contributed by atoms with van der Waals surface area (Å²) in [5.74, 6) is 2.90. The molecule has 0 saturated carbocycles. The first-order chi connectivity index (χ1) is 15.5. The van der Waals surface area contributed by atoms with Gasteiger partial charge in [-0.05, 0) is 56.5 Å². The summed E-state index contributed by atoms with van der Waals surface area (Å²) in [7, 11) is 0.610. The Kier molecular flexibility index (Phi) is 6.41. The van der Waals surface area contributed by atoms with Crippen molar-refractivity contribution in [2.45, 2.75) is 32.4 Å². The van der Waals surface area contributed by atoms with Gasteiger partial charge in [0.2, 0.25) is 5.91 Å². The lowest BCUT2D eigenvalue weighted by Crippen LogP contribution is -2.55. The number of aryl methyl sites for hydroxylation is 2. The summed E-state index contributed by atoms with van der Waals surface area (Å²) in [6.45, 7) is 3.99. The monoisotopic (exact) mass is 509 g/mol. The molecule has 2 N–H and O–H groups in total. The fourth-order valence-corrected chi connectivity index (χ4v) is 6.88. The number of hydrogen-bond donors (Lipinski definition) is 2. The van der Waals surface area contributed by atoms with Gasteiger partial charge in [-0.2, -0.15) is 5.10 Å². The van der Waals surface area contributed by atoms with Crippen LogP contribution in [0.5, 0.6) is 0 Å². The molecule has 1 fully saturated rings. The van der Waals surface area contributed by atoms with Crippen molar-refractivity contribution >= 4 is 50.3 Å². The zero-order chi connectivity index (χ0) is 24.1. The van der Waals surface area contributed by atoms with Gasteiger partial charge in [0.05, 0.1) is 26.7 Å². The standard InChI is InChI=1S/C22H25ClFN5O2S2/c1-12-21(13(2)28(3)26-12)20-9-8-19(32-20)17-11-18(29(4)33(5,31)27-17)22(30)25-14-6-7-16(24)15(23)10-14/h6-10,17-18H,5,11H2,1-4H3,(H,25,30)(H,27,31). The van der Waals surface area contributed by atoms with Crippen molar-refractivity contribution in [3.8, 4) is 10.4 Å². The first-order valence-electron chi connectivity index (χ1n) is 10.2. The third kappa shape index (κ3) is 4.58. The van der Waals surface area contributed by atoms with E-state index in [-0.39, 0.29) is 17.0 Å². The summed E-state index contributed by atoms with van der Waals surface area (Å²) in [4.78, 5) is 15.1. The molecule has 0 spiro atoms. The Labute approximate surface area is 201 Å². The van der Waals surface area contributed by atoms with Crippen molar-refractivity contribution in [3.05, 3.63) is 57.4 Å². The molecule has 1 amide bonds. The third-order valence-electron chi connectivity index (χ3n) is 5.90. The molecule has 7 nitrogen and oxygen atoms in total. The fraction of sp³-hybridized carbons (Fsp3) is 0.318. The molecular weight excluding hydrogens is 485 g/mol. The number of rotatable bonds is 4. The van der Waals surface area contributed by atoms with Gasteiger partial charge < -0.3 is 5.32 Å². The molecule has 11 heteroatoms. The van der Waals surface area contributed by atoms with E-state index in [2.05, 4.69) is 21.0 Å². The van der Waals surface area contributed by atoms with E-state index in [1.807, 2.05) is 37.7 Å². The van der Waals surface area contributed by atoms with E-state index in [1.165, 1.54) is 22.5 Å². The average Bonchev–Trinajstić information content (AvgIpc) is 3.31. The molecule has 176 valence electrons. The third-order valence-corrected chi connectivity index (χ3v) is 9.25. The highest BCUT2D eigenvalue weighted by atomic mass is 35.5. The minimum Gasteiger partial charge on any atom is -0.325 e. The molecule has 4 rings (SSSR count). The Morgan fingerprint density at radius 1 is 1.33 bits per heavy atom. The summed E-state index contributed by atoms with van der Waals surface area (Å²) < 4.78 is 33.1. The number of aromatic nitrogens is 2. The molecule has 3 atom stereocenters. The molecule has 0 bridgehead atoms. The minimum atomic E-state index is -2.90. The van der Waals surface area contributed by atoms with E-state index < -0.39 is 21.8 Å². The summed E-state index contributed by atoms with van der Waals surface area (Å²) in [5, 5.41) is 7.15. The number of thiophene rings is 1. The summed E-state index contributed by atoms with van der Waals surface area (Å²) >= 11 is 7.41. The van der Waals surface area contributed by atoms with Crippen LogP contribution in [0.3, 0.4) is 0 Å². The SMILES string of the molecule is C=S1(=O)NC(c2ccc(-c3c(C)nn(C)c3C)s2)CC(C(=O)Nc2ccc(F)c(Cl)c2)N1C. The summed E-state index contributed by atoms with van der Waals surface area (Å²) in [6.07, 6.45) is 0.384. The predicted octanol–water partition coefficient (Wildman–Crippen LogP) is 4.08. The molecule has 0 aliphatic carbocycles. The maximum atomic E-state index is 13.5. The highest BCUT2D eigenvalue weighted by Gasteiger charge is 2.38.